The normalized spacial score (nSPS) is 11.1. The Morgan fingerprint density at radius 2 is 1.14 bits per heavy atom. The first-order valence-corrected chi connectivity index (χ1v) is 11.2. The average Bonchev–Trinajstić information content (AvgIpc) is 3.52. The molecule has 0 fully saturated rings. The number of para-hydroxylation sites is 1. The van der Waals surface area contributed by atoms with E-state index in [-0.39, 0.29) is 20.1 Å². The van der Waals surface area contributed by atoms with Crippen LogP contribution < -0.4 is 10.2 Å². The van der Waals surface area contributed by atoms with Gasteiger partial charge in [0, 0.05) is 32.5 Å². The van der Waals surface area contributed by atoms with Crippen LogP contribution in [0.3, 0.4) is 0 Å². The van der Waals surface area contributed by atoms with E-state index >= 15 is 0 Å². The van der Waals surface area contributed by atoms with Crippen molar-refractivity contribution in [2.75, 3.05) is 4.90 Å². The van der Waals surface area contributed by atoms with Crippen molar-refractivity contribution in [1.82, 2.24) is 15.3 Å². The van der Waals surface area contributed by atoms with E-state index in [4.69, 9.17) is 0 Å². The summed E-state index contributed by atoms with van der Waals surface area (Å²) in [4.78, 5) is 10.4. The zero-order chi connectivity index (χ0) is 24.0. The van der Waals surface area contributed by atoms with Gasteiger partial charge in [0.1, 0.15) is 0 Å². The van der Waals surface area contributed by atoms with Crippen molar-refractivity contribution in [1.29, 1.82) is 0 Å². The Labute approximate surface area is 226 Å². The molecule has 0 atom stereocenters. The second-order valence-corrected chi connectivity index (χ2v) is 7.25. The van der Waals surface area contributed by atoms with Crippen molar-refractivity contribution in [3.8, 4) is 22.5 Å². The molecule has 36 heavy (non-hydrogen) atoms. The Balaban J connectivity index is 0.000000149. The van der Waals surface area contributed by atoms with Gasteiger partial charge >= 0.3 is 0 Å². The summed E-state index contributed by atoms with van der Waals surface area (Å²) >= 11 is 0. The quantitative estimate of drug-likeness (QED) is 0.226. The largest absolute Gasteiger partial charge is 0.521 e. The Kier molecular flexibility index (Phi) is 11.1. The number of benzene rings is 3. The topological polar surface area (TPSA) is 41.1 Å². The predicted octanol–water partition coefficient (Wildman–Crippen LogP) is 6.58. The molecule has 1 aliphatic rings. The van der Waals surface area contributed by atoms with Gasteiger partial charge in [-0.15, -0.1) is 77.5 Å². The molecule has 0 saturated heterocycles. The van der Waals surface area contributed by atoms with Crippen LogP contribution in [0, 0.1) is 24.9 Å². The number of rotatable bonds is 3. The van der Waals surface area contributed by atoms with E-state index in [1.54, 1.807) is 12.4 Å². The van der Waals surface area contributed by atoms with E-state index in [0.29, 0.717) is 0 Å². The van der Waals surface area contributed by atoms with Crippen LogP contribution >= 0.6 is 0 Å². The van der Waals surface area contributed by atoms with Crippen molar-refractivity contribution < 1.29 is 20.1 Å². The zero-order valence-corrected chi connectivity index (χ0v) is 21.8. The fourth-order valence-electron chi connectivity index (χ4n) is 3.13. The van der Waals surface area contributed by atoms with Crippen LogP contribution in [0.1, 0.15) is 0 Å². The van der Waals surface area contributed by atoms with Crippen LogP contribution in [0.2, 0.25) is 0 Å². The molecule has 0 saturated carbocycles. The number of aromatic nitrogens is 2. The van der Waals surface area contributed by atoms with Crippen LogP contribution in [-0.2, 0) is 20.1 Å². The number of hydrogen-bond acceptors (Lipinski definition) is 4. The van der Waals surface area contributed by atoms with Crippen LogP contribution in [-0.4, -0.2) is 9.97 Å². The fourth-order valence-corrected chi connectivity index (χ4v) is 3.13. The van der Waals surface area contributed by atoms with E-state index in [1.807, 2.05) is 133 Å². The van der Waals surface area contributed by atoms with Crippen molar-refractivity contribution in [2.24, 2.45) is 0 Å². The van der Waals surface area contributed by atoms with Gasteiger partial charge in [0.2, 0.25) is 0 Å². The first-order chi connectivity index (χ1) is 17.4. The smallest absolute Gasteiger partial charge is 0.0160 e. The summed E-state index contributed by atoms with van der Waals surface area (Å²) in [5, 5.41) is 2.97. The van der Waals surface area contributed by atoms with Gasteiger partial charge < -0.3 is 20.2 Å². The molecule has 4 nitrogen and oxygen atoms in total. The predicted molar refractivity (Wildman–Crippen MR) is 141 cm³/mol. The Morgan fingerprint density at radius 3 is 1.53 bits per heavy atom. The summed E-state index contributed by atoms with van der Waals surface area (Å²) < 4.78 is 0. The molecule has 1 aliphatic heterocycles. The molecule has 1 radical (unpaired) electrons. The molecule has 3 heterocycles. The van der Waals surface area contributed by atoms with E-state index in [2.05, 4.69) is 33.5 Å². The number of nitrogens with one attached hydrogen (secondary N) is 1. The second kappa shape index (κ2) is 15.0. The van der Waals surface area contributed by atoms with Gasteiger partial charge in [-0.25, -0.2) is 0 Å². The third-order valence-electron chi connectivity index (χ3n) is 4.82. The van der Waals surface area contributed by atoms with Crippen molar-refractivity contribution in [3.05, 3.63) is 159 Å². The summed E-state index contributed by atoms with van der Waals surface area (Å²) in [5.74, 6) is 0. The maximum Gasteiger partial charge on any atom is 0.0160 e. The Hall–Kier alpha value is -4.05. The second-order valence-electron chi connectivity index (χ2n) is 7.25. The monoisotopic (exact) mass is 645 g/mol. The van der Waals surface area contributed by atoms with E-state index in [0.717, 1.165) is 28.2 Å². The van der Waals surface area contributed by atoms with Crippen LogP contribution in [0.4, 0.5) is 5.69 Å². The molecule has 0 spiro atoms. The molecular weight excluding hydrogens is 621 g/mol. The van der Waals surface area contributed by atoms with Crippen molar-refractivity contribution in [3.63, 3.8) is 0 Å². The molecular formula is C31H24IrN4-4. The van der Waals surface area contributed by atoms with Gasteiger partial charge in [0.05, 0.1) is 0 Å². The SMILES string of the molecule is [Ir].[c-]1ccccc1-c1ccccn1.[c-]1ccccc1-c1ccccn1.[c-]1ccccc1N1C=CN[CH-]1. The molecule has 181 valence electrons. The van der Waals surface area contributed by atoms with E-state index in [1.165, 1.54) is 0 Å². The summed E-state index contributed by atoms with van der Waals surface area (Å²) in [5.41, 5.74) is 5.07. The first kappa shape index (κ1) is 26.6. The minimum atomic E-state index is 0. The minimum Gasteiger partial charge on any atom is -0.521 e. The van der Waals surface area contributed by atoms with Crippen LogP contribution in [0.25, 0.3) is 22.5 Å². The number of hydrogen-bond donors (Lipinski definition) is 1. The molecule has 0 aliphatic carbocycles. The standard InChI is InChI=1S/2C11H8N.C9H8N2.Ir/c2*1-2-6-10(7-3-1)11-8-4-5-9-12-11;1-2-4-9(5-3-1)11-7-6-10-8-11;/h2*1-6,8-9H;1-4,6-8,10H;/q2*-1;-2;. The number of anilines is 1. The Morgan fingerprint density at radius 1 is 0.611 bits per heavy atom. The number of nitrogens with zero attached hydrogens (tertiary/aromatic N) is 3. The summed E-state index contributed by atoms with van der Waals surface area (Å²) in [6.45, 7) is 1.88. The summed E-state index contributed by atoms with van der Waals surface area (Å²) in [6, 6.07) is 44.6. The summed E-state index contributed by atoms with van der Waals surface area (Å²) in [6.07, 6.45) is 7.40. The van der Waals surface area contributed by atoms with Gasteiger partial charge in [0.15, 0.2) is 0 Å². The van der Waals surface area contributed by atoms with E-state index in [9.17, 15) is 0 Å². The first-order valence-electron chi connectivity index (χ1n) is 11.2. The minimum absolute atomic E-state index is 0. The Bertz CT molecular complexity index is 1120. The average molecular weight is 645 g/mol. The molecule has 0 bridgehead atoms. The molecule has 1 N–H and O–H groups in total. The van der Waals surface area contributed by atoms with Crippen molar-refractivity contribution in [2.45, 2.75) is 0 Å². The third-order valence-corrected chi connectivity index (χ3v) is 4.82. The van der Waals surface area contributed by atoms with Gasteiger partial charge in [-0.05, 0) is 35.9 Å². The third kappa shape index (κ3) is 8.31. The molecule has 3 aromatic carbocycles. The van der Waals surface area contributed by atoms with Gasteiger partial charge in [-0.3, -0.25) is 0 Å². The van der Waals surface area contributed by atoms with Gasteiger partial charge in [0.25, 0.3) is 0 Å². The molecule has 6 rings (SSSR count). The van der Waals surface area contributed by atoms with Gasteiger partial charge in [-0.1, -0.05) is 24.3 Å². The van der Waals surface area contributed by atoms with Crippen molar-refractivity contribution >= 4 is 5.69 Å². The fraction of sp³-hybridized carbons (Fsp3) is 0. The molecule has 5 heteroatoms. The number of pyridine rings is 2. The van der Waals surface area contributed by atoms with Crippen LogP contribution in [0.15, 0.2) is 134 Å². The van der Waals surface area contributed by atoms with Gasteiger partial charge in [-0.2, -0.15) is 37.0 Å². The maximum absolute atomic E-state index is 4.22. The zero-order valence-electron chi connectivity index (χ0n) is 19.5. The molecule has 0 amide bonds. The summed E-state index contributed by atoms with van der Waals surface area (Å²) in [7, 11) is 0. The molecule has 5 aromatic rings. The molecule has 0 unspecified atom stereocenters. The molecule has 2 aromatic heterocycles. The van der Waals surface area contributed by atoms with Crippen LogP contribution in [0.5, 0.6) is 0 Å². The maximum atomic E-state index is 4.22. The van der Waals surface area contributed by atoms with E-state index < -0.39 is 0 Å².